The Labute approximate surface area is 198 Å². The van der Waals surface area contributed by atoms with Gasteiger partial charge >= 0.3 is 0 Å². The molecule has 2 heterocycles. The van der Waals surface area contributed by atoms with E-state index < -0.39 is 0 Å². The van der Waals surface area contributed by atoms with E-state index in [1.807, 2.05) is 12.4 Å². The van der Waals surface area contributed by atoms with Crippen molar-refractivity contribution in [2.45, 2.75) is 76.3 Å². The lowest BCUT2D eigenvalue weighted by Gasteiger charge is -2.08. The van der Waals surface area contributed by atoms with Crippen molar-refractivity contribution in [3.63, 3.8) is 0 Å². The van der Waals surface area contributed by atoms with Gasteiger partial charge in [0, 0.05) is 35.6 Å². The first kappa shape index (κ1) is 22.2. The minimum absolute atomic E-state index is 0.110. The quantitative estimate of drug-likeness (QED) is 0.529. The van der Waals surface area contributed by atoms with Crippen LogP contribution >= 0.6 is 0 Å². The third-order valence-electron chi connectivity index (χ3n) is 6.72. The van der Waals surface area contributed by atoms with Crippen molar-refractivity contribution in [3.05, 3.63) is 48.0 Å². The van der Waals surface area contributed by atoms with Crippen LogP contribution in [-0.4, -0.2) is 41.8 Å². The minimum atomic E-state index is -0.177. The Morgan fingerprint density at radius 1 is 0.706 bits per heavy atom. The zero-order chi connectivity index (χ0) is 23.3. The molecule has 3 aromatic rings. The Morgan fingerprint density at radius 3 is 1.47 bits per heavy atom. The van der Waals surface area contributed by atoms with Crippen molar-refractivity contribution in [2.75, 3.05) is 10.6 Å². The van der Waals surface area contributed by atoms with Crippen LogP contribution in [0.5, 0.6) is 0 Å². The van der Waals surface area contributed by atoms with Crippen molar-refractivity contribution in [1.82, 2.24) is 30.0 Å². The summed E-state index contributed by atoms with van der Waals surface area (Å²) in [4.78, 5) is 24.8. The fourth-order valence-electron chi connectivity index (χ4n) is 4.93. The van der Waals surface area contributed by atoms with Crippen LogP contribution < -0.4 is 10.6 Å². The summed E-state index contributed by atoms with van der Waals surface area (Å²) >= 11 is 0. The lowest BCUT2D eigenvalue weighted by atomic mass is 10.1. The third kappa shape index (κ3) is 5.49. The van der Waals surface area contributed by atoms with Crippen molar-refractivity contribution in [3.8, 4) is 0 Å². The van der Waals surface area contributed by atoms with Gasteiger partial charge in [0.2, 0.25) is 11.8 Å². The van der Waals surface area contributed by atoms with Crippen LogP contribution in [0.4, 0.5) is 11.4 Å². The van der Waals surface area contributed by atoms with Crippen molar-refractivity contribution >= 4 is 23.2 Å². The number of nitrogens with one attached hydrogen (secondary N) is 2. The maximum atomic E-state index is 12.4. The maximum Gasteiger partial charge on any atom is 0.246 e. The van der Waals surface area contributed by atoms with Gasteiger partial charge < -0.3 is 10.6 Å². The number of amides is 2. The lowest BCUT2D eigenvalue weighted by Crippen LogP contribution is -2.20. The molecule has 178 valence electrons. The van der Waals surface area contributed by atoms with Gasteiger partial charge in [0.15, 0.2) is 0 Å². The summed E-state index contributed by atoms with van der Waals surface area (Å²) in [7, 11) is 0. The van der Waals surface area contributed by atoms with Crippen LogP contribution in [0.2, 0.25) is 0 Å². The van der Waals surface area contributed by atoms with E-state index in [0.717, 1.165) is 37.1 Å². The summed E-state index contributed by atoms with van der Waals surface area (Å²) in [6.45, 7) is 0.220. The van der Waals surface area contributed by atoms with Crippen LogP contribution in [0.25, 0.3) is 0 Å². The summed E-state index contributed by atoms with van der Waals surface area (Å²) in [6, 6.07) is 7.03. The Bertz CT molecular complexity index is 1030. The Hall–Kier alpha value is -3.56. The molecule has 2 aliphatic rings. The normalized spacial score (nSPS) is 16.7. The molecular weight excluding hydrogens is 432 g/mol. The Morgan fingerprint density at radius 2 is 1.09 bits per heavy atom. The lowest BCUT2D eigenvalue weighted by molar-refractivity contribution is -0.117. The van der Waals surface area contributed by atoms with Gasteiger partial charge in [-0.25, -0.2) is 9.36 Å². The minimum Gasteiger partial charge on any atom is -0.324 e. The van der Waals surface area contributed by atoms with E-state index in [-0.39, 0.29) is 24.9 Å². The monoisotopic (exact) mass is 462 g/mol. The summed E-state index contributed by atoms with van der Waals surface area (Å²) in [6.07, 6.45) is 13.3. The molecule has 0 radical (unpaired) electrons. The van der Waals surface area contributed by atoms with Gasteiger partial charge in [-0.1, -0.05) is 36.1 Å². The van der Waals surface area contributed by atoms with Gasteiger partial charge in [-0.2, -0.15) is 0 Å². The molecule has 0 bridgehead atoms. The molecule has 0 unspecified atom stereocenters. The number of rotatable bonds is 8. The molecule has 34 heavy (non-hydrogen) atoms. The van der Waals surface area contributed by atoms with Crippen LogP contribution in [0.15, 0.2) is 36.7 Å². The average molecular weight is 463 g/mol. The molecule has 10 heteroatoms. The fourth-order valence-corrected chi connectivity index (χ4v) is 4.93. The van der Waals surface area contributed by atoms with Crippen molar-refractivity contribution in [2.24, 2.45) is 0 Å². The number of carbonyl (C=O) groups is 2. The molecule has 2 amide bonds. The van der Waals surface area contributed by atoms with Crippen LogP contribution in [0.1, 0.15) is 74.6 Å². The molecule has 5 rings (SSSR count). The van der Waals surface area contributed by atoms with E-state index in [2.05, 4.69) is 31.3 Å². The second-order valence-electron chi connectivity index (χ2n) is 9.32. The van der Waals surface area contributed by atoms with Gasteiger partial charge in [0.1, 0.15) is 13.1 Å². The van der Waals surface area contributed by atoms with E-state index in [9.17, 15) is 9.59 Å². The molecule has 2 N–H and O–H groups in total. The topological polar surface area (TPSA) is 120 Å². The van der Waals surface area contributed by atoms with Gasteiger partial charge in [-0.05, 0) is 49.9 Å². The highest BCUT2D eigenvalue weighted by Crippen LogP contribution is 2.33. The molecule has 2 fully saturated rings. The highest BCUT2D eigenvalue weighted by Gasteiger charge is 2.21. The number of hydrogen-bond donors (Lipinski definition) is 2. The molecule has 0 aliphatic heterocycles. The maximum absolute atomic E-state index is 12.4. The smallest absolute Gasteiger partial charge is 0.246 e. The fraction of sp³-hybridized carbons (Fsp3) is 0.500. The predicted octanol–water partition coefficient (Wildman–Crippen LogP) is 3.46. The van der Waals surface area contributed by atoms with E-state index in [1.165, 1.54) is 25.7 Å². The number of aromatic nitrogens is 6. The molecule has 0 spiro atoms. The van der Waals surface area contributed by atoms with Gasteiger partial charge in [0.25, 0.3) is 0 Å². The highest BCUT2D eigenvalue weighted by molar-refractivity contribution is 5.92. The molecular formula is C24H30N8O2. The standard InChI is InChI=1S/C24H30N8O2/c33-23(15-31-13-21(27-29-31)17-5-1-2-6-17)25-19-9-11-20(12-10-19)26-24(34)16-32-14-22(28-30-32)18-7-3-4-8-18/h9-14,17-18H,1-8,15-16H2,(H,25,33)(H,26,34). The highest BCUT2D eigenvalue weighted by atomic mass is 16.2. The van der Waals surface area contributed by atoms with Crippen molar-refractivity contribution in [1.29, 1.82) is 0 Å². The van der Waals surface area contributed by atoms with E-state index in [0.29, 0.717) is 23.2 Å². The number of hydrogen-bond acceptors (Lipinski definition) is 6. The zero-order valence-corrected chi connectivity index (χ0v) is 19.2. The van der Waals surface area contributed by atoms with Gasteiger partial charge in [-0.15, -0.1) is 10.2 Å². The van der Waals surface area contributed by atoms with Gasteiger partial charge in [-0.3, -0.25) is 9.59 Å². The van der Waals surface area contributed by atoms with Crippen LogP contribution in [-0.2, 0) is 22.7 Å². The first-order valence-electron chi connectivity index (χ1n) is 12.1. The molecule has 1 aromatic carbocycles. The Balaban J connectivity index is 1.09. The van der Waals surface area contributed by atoms with Crippen LogP contribution in [0.3, 0.4) is 0 Å². The number of benzene rings is 1. The average Bonchev–Trinajstić information content (AvgIpc) is 3.61. The second-order valence-corrected chi connectivity index (χ2v) is 9.32. The third-order valence-corrected chi connectivity index (χ3v) is 6.72. The summed E-state index contributed by atoms with van der Waals surface area (Å²) in [5, 5.41) is 22.4. The number of nitrogens with zero attached hydrogens (tertiary/aromatic N) is 6. The first-order chi connectivity index (χ1) is 16.6. The Kier molecular flexibility index (Phi) is 6.64. The number of carbonyl (C=O) groups excluding carboxylic acids is 2. The summed E-state index contributed by atoms with van der Waals surface area (Å²) in [5.74, 6) is 0.588. The van der Waals surface area contributed by atoms with E-state index >= 15 is 0 Å². The van der Waals surface area contributed by atoms with Gasteiger partial charge in [0.05, 0.1) is 11.4 Å². The largest absolute Gasteiger partial charge is 0.324 e. The summed E-state index contributed by atoms with van der Waals surface area (Å²) < 4.78 is 3.17. The van der Waals surface area contributed by atoms with E-state index in [1.54, 1.807) is 33.6 Å². The second kappa shape index (κ2) is 10.1. The molecule has 0 saturated heterocycles. The molecule has 2 aromatic heterocycles. The van der Waals surface area contributed by atoms with Crippen LogP contribution in [0, 0.1) is 0 Å². The van der Waals surface area contributed by atoms with E-state index in [4.69, 9.17) is 0 Å². The summed E-state index contributed by atoms with van der Waals surface area (Å²) in [5.41, 5.74) is 3.25. The molecule has 2 aliphatic carbocycles. The molecule has 0 atom stereocenters. The molecule has 2 saturated carbocycles. The number of anilines is 2. The first-order valence-corrected chi connectivity index (χ1v) is 12.1. The predicted molar refractivity (Wildman–Crippen MR) is 126 cm³/mol. The SMILES string of the molecule is O=C(Cn1cc(C2CCCC2)nn1)Nc1ccc(NC(=O)Cn2cc(C3CCCC3)nn2)cc1. The van der Waals surface area contributed by atoms with Crippen molar-refractivity contribution < 1.29 is 9.59 Å². The molecule has 10 nitrogen and oxygen atoms in total. The zero-order valence-electron chi connectivity index (χ0n) is 19.2.